The van der Waals surface area contributed by atoms with Crippen molar-refractivity contribution in [1.29, 1.82) is 0 Å². The van der Waals surface area contributed by atoms with Gasteiger partial charge in [-0.15, -0.1) is 0 Å². The highest BCUT2D eigenvalue weighted by Gasteiger charge is 2.51. The Hall–Kier alpha value is -1.10. The molecular formula is C12H14O4. The molecule has 0 aliphatic carbocycles. The molecule has 2 aliphatic heterocycles. The maximum absolute atomic E-state index is 9.34. The van der Waals surface area contributed by atoms with Crippen LogP contribution in [0, 0.1) is 0 Å². The van der Waals surface area contributed by atoms with Crippen molar-refractivity contribution in [3.8, 4) is 0 Å². The molecule has 1 aromatic heterocycles. The van der Waals surface area contributed by atoms with Crippen LogP contribution in [0.15, 0.2) is 35.0 Å². The summed E-state index contributed by atoms with van der Waals surface area (Å²) < 4.78 is 16.7. The lowest BCUT2D eigenvalue weighted by atomic mass is 9.99. The van der Waals surface area contributed by atoms with E-state index in [0.29, 0.717) is 0 Å². The van der Waals surface area contributed by atoms with E-state index in [2.05, 4.69) is 0 Å². The number of aliphatic hydroxyl groups excluding tert-OH is 1. The topological polar surface area (TPSA) is 51.8 Å². The largest absolute Gasteiger partial charge is 0.466 e. The second-order valence-electron chi connectivity index (χ2n) is 4.49. The molecule has 16 heavy (non-hydrogen) atoms. The molecule has 3 unspecified atom stereocenters. The third-order valence-corrected chi connectivity index (χ3v) is 3.23. The second kappa shape index (κ2) is 3.20. The van der Waals surface area contributed by atoms with Crippen molar-refractivity contribution in [1.82, 2.24) is 0 Å². The van der Waals surface area contributed by atoms with Crippen LogP contribution in [0.25, 0.3) is 0 Å². The van der Waals surface area contributed by atoms with Crippen LogP contribution < -0.4 is 0 Å². The van der Waals surface area contributed by atoms with Gasteiger partial charge in [-0.3, -0.25) is 0 Å². The molecule has 4 heteroatoms. The number of rotatable bonds is 1. The van der Waals surface area contributed by atoms with E-state index >= 15 is 0 Å². The number of hydrogen-bond acceptors (Lipinski definition) is 4. The first-order chi connectivity index (χ1) is 7.62. The first-order valence-corrected chi connectivity index (χ1v) is 5.41. The highest BCUT2D eigenvalue weighted by molar-refractivity contribution is 5.16. The molecule has 4 nitrogen and oxygen atoms in total. The van der Waals surface area contributed by atoms with Gasteiger partial charge in [0.2, 0.25) is 0 Å². The fraction of sp³-hybridized carbons (Fsp3) is 0.500. The molecule has 2 aliphatic rings. The van der Waals surface area contributed by atoms with Gasteiger partial charge in [0.25, 0.3) is 0 Å². The minimum absolute atomic E-state index is 0.474. The molecule has 3 atom stereocenters. The molecule has 0 radical (unpaired) electrons. The fourth-order valence-electron chi connectivity index (χ4n) is 2.36. The van der Waals surface area contributed by atoms with Gasteiger partial charge in [-0.05, 0) is 37.6 Å². The standard InChI is InChI=1S/C12H14O4/c1-11(9-3-2-8-14-9)6-7-12(16-11)5-4-10(13)15-12/h2-5,8,10,13H,6-7H2,1H3. The average Bonchev–Trinajstić information content (AvgIpc) is 2.90. The molecule has 0 bridgehead atoms. The number of furan rings is 1. The summed E-state index contributed by atoms with van der Waals surface area (Å²) in [6, 6.07) is 3.74. The minimum Gasteiger partial charge on any atom is -0.466 e. The van der Waals surface area contributed by atoms with Gasteiger partial charge in [0.05, 0.1) is 6.26 Å². The Morgan fingerprint density at radius 1 is 1.44 bits per heavy atom. The average molecular weight is 222 g/mol. The third kappa shape index (κ3) is 1.42. The molecule has 1 aromatic rings. The molecule has 1 N–H and O–H groups in total. The summed E-state index contributed by atoms with van der Waals surface area (Å²) in [5.41, 5.74) is -0.474. The lowest BCUT2D eigenvalue weighted by molar-refractivity contribution is -0.259. The van der Waals surface area contributed by atoms with Crippen LogP contribution in [0.3, 0.4) is 0 Å². The predicted octanol–water partition coefficient (Wildman–Crippen LogP) is 1.91. The number of hydrogen-bond donors (Lipinski definition) is 1. The molecule has 3 rings (SSSR count). The van der Waals surface area contributed by atoms with E-state index in [1.54, 1.807) is 18.4 Å². The Bertz CT molecular complexity index is 411. The molecule has 1 fully saturated rings. The summed E-state index contributed by atoms with van der Waals surface area (Å²) in [5, 5.41) is 9.34. The summed E-state index contributed by atoms with van der Waals surface area (Å²) in [7, 11) is 0. The zero-order valence-corrected chi connectivity index (χ0v) is 9.05. The summed E-state index contributed by atoms with van der Waals surface area (Å²) >= 11 is 0. The van der Waals surface area contributed by atoms with Gasteiger partial charge in [0.15, 0.2) is 12.1 Å². The summed E-state index contributed by atoms with van der Waals surface area (Å²) in [6.45, 7) is 1.97. The van der Waals surface area contributed by atoms with Crippen molar-refractivity contribution < 1.29 is 19.0 Å². The molecule has 0 saturated carbocycles. The Morgan fingerprint density at radius 3 is 2.94 bits per heavy atom. The van der Waals surface area contributed by atoms with E-state index in [9.17, 15) is 5.11 Å². The third-order valence-electron chi connectivity index (χ3n) is 3.23. The lowest BCUT2D eigenvalue weighted by Gasteiger charge is -2.27. The van der Waals surface area contributed by atoms with Crippen molar-refractivity contribution in [3.05, 3.63) is 36.3 Å². The smallest absolute Gasteiger partial charge is 0.192 e. The number of ether oxygens (including phenoxy) is 2. The normalized spacial score (nSPS) is 42.2. The molecule has 0 aromatic carbocycles. The summed E-state index contributed by atoms with van der Waals surface area (Å²) in [4.78, 5) is 0. The highest BCUT2D eigenvalue weighted by Crippen LogP contribution is 2.47. The van der Waals surface area contributed by atoms with Gasteiger partial charge < -0.3 is 19.0 Å². The second-order valence-corrected chi connectivity index (χ2v) is 4.49. The predicted molar refractivity (Wildman–Crippen MR) is 55.3 cm³/mol. The van der Waals surface area contributed by atoms with E-state index < -0.39 is 17.7 Å². The van der Waals surface area contributed by atoms with Gasteiger partial charge in [0, 0.05) is 6.42 Å². The zero-order chi connectivity index (χ0) is 11.2. The van der Waals surface area contributed by atoms with Crippen molar-refractivity contribution in [2.75, 3.05) is 0 Å². The summed E-state index contributed by atoms with van der Waals surface area (Å²) in [5.74, 6) is 0.0174. The minimum atomic E-state index is -0.862. The van der Waals surface area contributed by atoms with E-state index in [1.165, 1.54) is 0 Å². The highest BCUT2D eigenvalue weighted by atomic mass is 16.8. The number of aliphatic hydroxyl groups is 1. The molecule has 86 valence electrons. The SMILES string of the molecule is CC1(c2ccco2)CCC2(C=CC(O)O2)O1. The Balaban J connectivity index is 1.86. The van der Waals surface area contributed by atoms with Crippen LogP contribution in [-0.4, -0.2) is 17.2 Å². The Morgan fingerprint density at radius 2 is 2.31 bits per heavy atom. The first-order valence-electron chi connectivity index (χ1n) is 5.41. The monoisotopic (exact) mass is 222 g/mol. The van der Waals surface area contributed by atoms with Crippen molar-refractivity contribution in [2.24, 2.45) is 0 Å². The molecular weight excluding hydrogens is 208 g/mol. The van der Waals surface area contributed by atoms with Gasteiger partial charge in [-0.2, -0.15) is 0 Å². The summed E-state index contributed by atoms with van der Waals surface area (Å²) in [6.07, 6.45) is 5.68. The van der Waals surface area contributed by atoms with Crippen LogP contribution in [0.2, 0.25) is 0 Å². The van der Waals surface area contributed by atoms with E-state index in [1.807, 2.05) is 19.1 Å². The van der Waals surface area contributed by atoms with Gasteiger partial charge in [0.1, 0.15) is 11.4 Å². The van der Waals surface area contributed by atoms with Crippen LogP contribution in [0.4, 0.5) is 0 Å². The van der Waals surface area contributed by atoms with E-state index in [4.69, 9.17) is 13.9 Å². The maximum atomic E-state index is 9.34. The van der Waals surface area contributed by atoms with Crippen molar-refractivity contribution >= 4 is 0 Å². The van der Waals surface area contributed by atoms with E-state index in [0.717, 1.165) is 18.6 Å². The van der Waals surface area contributed by atoms with Gasteiger partial charge >= 0.3 is 0 Å². The fourth-order valence-corrected chi connectivity index (χ4v) is 2.36. The molecule has 1 saturated heterocycles. The quantitative estimate of drug-likeness (QED) is 0.737. The first kappa shape index (κ1) is 10.1. The lowest BCUT2D eigenvalue weighted by Crippen LogP contribution is -2.32. The Labute approximate surface area is 93.5 Å². The van der Waals surface area contributed by atoms with Crippen molar-refractivity contribution in [3.63, 3.8) is 0 Å². The molecule has 0 amide bonds. The zero-order valence-electron chi connectivity index (χ0n) is 9.05. The van der Waals surface area contributed by atoms with Crippen molar-refractivity contribution in [2.45, 2.75) is 37.4 Å². The van der Waals surface area contributed by atoms with Crippen LogP contribution >= 0.6 is 0 Å². The van der Waals surface area contributed by atoms with Gasteiger partial charge in [-0.1, -0.05) is 0 Å². The maximum Gasteiger partial charge on any atom is 0.192 e. The van der Waals surface area contributed by atoms with Crippen LogP contribution in [0.5, 0.6) is 0 Å². The molecule has 3 heterocycles. The van der Waals surface area contributed by atoms with Gasteiger partial charge in [-0.25, -0.2) is 0 Å². The van der Waals surface area contributed by atoms with E-state index in [-0.39, 0.29) is 0 Å². The van der Waals surface area contributed by atoms with Crippen LogP contribution in [-0.2, 0) is 15.1 Å². The van der Waals surface area contributed by atoms with Crippen LogP contribution in [0.1, 0.15) is 25.5 Å². The Kier molecular flexibility index (Phi) is 2.01. The molecule has 1 spiro atoms.